The Bertz CT molecular complexity index is 2220. The van der Waals surface area contributed by atoms with Gasteiger partial charge in [0.1, 0.15) is 11.5 Å². The van der Waals surface area contributed by atoms with Crippen LogP contribution in [0.2, 0.25) is 0 Å². The van der Waals surface area contributed by atoms with Crippen LogP contribution in [0.4, 0.5) is 0 Å². The van der Waals surface area contributed by atoms with Crippen LogP contribution < -0.4 is 9.47 Å². The number of nitrogens with zero attached hydrogens (tertiary/aromatic N) is 4. The second-order valence-corrected chi connectivity index (χ2v) is 13.8. The number of hydrogen-bond acceptors (Lipinski definition) is 8. The molecule has 2 unspecified atom stereocenters. The van der Waals surface area contributed by atoms with E-state index in [0.717, 1.165) is 61.6 Å². The molecule has 10 heteroatoms. The average Bonchev–Trinajstić information content (AvgIpc) is 3.66. The maximum atomic E-state index is 13.4. The monoisotopic (exact) mass is 696 g/mol. The van der Waals surface area contributed by atoms with E-state index in [1.165, 1.54) is 47.5 Å². The SMILES string of the molecule is COC1=CC=C/C(=C\n2c3c(c4ccc(OC)cc42)CCN2CC4c5c(c6ccc(OC)cc6n5/C=C5\C=CC=C(OC)C5=O)CCN4CC32)C1=O. The Kier molecular flexibility index (Phi) is 7.82. The number of ether oxygens (including phenoxy) is 4. The van der Waals surface area contributed by atoms with E-state index in [2.05, 4.69) is 43.2 Å². The molecular weight excluding hydrogens is 656 g/mol. The summed E-state index contributed by atoms with van der Waals surface area (Å²) >= 11 is 0. The number of carbonyl (C=O) groups is 2. The summed E-state index contributed by atoms with van der Waals surface area (Å²) in [6.07, 6.45) is 16.6. The molecule has 0 bridgehead atoms. The van der Waals surface area contributed by atoms with Crippen molar-refractivity contribution in [2.45, 2.75) is 24.9 Å². The van der Waals surface area contributed by atoms with Gasteiger partial charge in [-0.05, 0) is 72.5 Å². The van der Waals surface area contributed by atoms with Gasteiger partial charge in [0.15, 0.2) is 11.5 Å². The van der Waals surface area contributed by atoms with E-state index in [4.69, 9.17) is 18.9 Å². The summed E-state index contributed by atoms with van der Waals surface area (Å²) in [5.74, 6) is 1.92. The maximum absolute atomic E-state index is 13.4. The molecule has 1 fully saturated rings. The van der Waals surface area contributed by atoms with Crippen molar-refractivity contribution < 1.29 is 28.5 Å². The van der Waals surface area contributed by atoms with E-state index >= 15 is 0 Å². The molecule has 5 heterocycles. The lowest BCUT2D eigenvalue weighted by molar-refractivity contribution is -0.115. The largest absolute Gasteiger partial charge is 0.497 e. The van der Waals surface area contributed by atoms with E-state index in [-0.39, 0.29) is 23.7 Å². The predicted octanol–water partition coefficient (Wildman–Crippen LogP) is 6.15. The number of fused-ring (bicyclic) bond motifs is 10. The van der Waals surface area contributed by atoms with Crippen LogP contribution in [0.1, 0.15) is 34.6 Å². The van der Waals surface area contributed by atoms with Crippen molar-refractivity contribution in [1.29, 1.82) is 0 Å². The lowest BCUT2D eigenvalue weighted by Crippen LogP contribution is -2.54. The molecule has 264 valence electrons. The first-order valence-corrected chi connectivity index (χ1v) is 17.7. The normalized spacial score (nSPS) is 23.0. The highest BCUT2D eigenvalue weighted by atomic mass is 16.5. The van der Waals surface area contributed by atoms with Crippen LogP contribution in [0.3, 0.4) is 0 Å². The van der Waals surface area contributed by atoms with Crippen LogP contribution in [0.25, 0.3) is 34.2 Å². The summed E-state index contributed by atoms with van der Waals surface area (Å²) in [7, 11) is 6.43. The summed E-state index contributed by atoms with van der Waals surface area (Å²) in [6, 6.07) is 12.7. The predicted molar refractivity (Wildman–Crippen MR) is 200 cm³/mol. The third kappa shape index (κ3) is 4.92. The molecule has 2 aromatic heterocycles. The Hall–Kier alpha value is -5.58. The number of rotatable bonds is 6. The number of piperazine rings is 1. The molecule has 2 aliphatic carbocycles. The quantitative estimate of drug-likeness (QED) is 0.222. The lowest BCUT2D eigenvalue weighted by Gasteiger charge is -2.50. The molecule has 0 saturated carbocycles. The van der Waals surface area contributed by atoms with E-state index in [1.54, 1.807) is 26.4 Å². The number of hydrogen-bond donors (Lipinski definition) is 0. The fourth-order valence-corrected chi connectivity index (χ4v) is 8.86. The zero-order valence-corrected chi connectivity index (χ0v) is 29.7. The van der Waals surface area contributed by atoms with Gasteiger partial charge < -0.3 is 28.1 Å². The van der Waals surface area contributed by atoms with Crippen molar-refractivity contribution in [2.24, 2.45) is 0 Å². The van der Waals surface area contributed by atoms with Crippen molar-refractivity contribution in [1.82, 2.24) is 18.9 Å². The van der Waals surface area contributed by atoms with E-state index < -0.39 is 0 Å². The fraction of sp³-hybridized carbons (Fsp3) is 0.286. The number of benzene rings is 2. The summed E-state index contributed by atoms with van der Waals surface area (Å²) in [4.78, 5) is 32.1. The summed E-state index contributed by atoms with van der Waals surface area (Å²) < 4.78 is 26.6. The topological polar surface area (TPSA) is 87.4 Å². The maximum Gasteiger partial charge on any atom is 0.229 e. The van der Waals surface area contributed by atoms with Gasteiger partial charge in [-0.1, -0.05) is 12.2 Å². The van der Waals surface area contributed by atoms with E-state index in [1.807, 2.05) is 48.8 Å². The summed E-state index contributed by atoms with van der Waals surface area (Å²) in [5, 5.41) is 2.36. The number of allylic oxidation sites excluding steroid dienone is 8. The zero-order chi connectivity index (χ0) is 35.7. The number of carbonyl (C=O) groups excluding carboxylic acids is 2. The first kappa shape index (κ1) is 32.3. The van der Waals surface area contributed by atoms with Crippen LogP contribution in [0.15, 0.2) is 95.5 Å². The van der Waals surface area contributed by atoms with Crippen LogP contribution in [-0.2, 0) is 31.9 Å². The molecule has 5 aliphatic rings. The Morgan fingerprint density at radius 3 is 1.46 bits per heavy atom. The van der Waals surface area contributed by atoms with E-state index in [9.17, 15) is 9.59 Å². The van der Waals surface area contributed by atoms with Crippen LogP contribution in [0, 0.1) is 0 Å². The first-order valence-electron chi connectivity index (χ1n) is 17.7. The Balaban J connectivity index is 1.16. The molecular formula is C42H40N4O6. The molecule has 0 spiro atoms. The first-order chi connectivity index (χ1) is 25.4. The van der Waals surface area contributed by atoms with Crippen molar-refractivity contribution in [3.8, 4) is 11.5 Å². The molecule has 1 saturated heterocycles. The highest BCUT2D eigenvalue weighted by molar-refractivity contribution is 6.13. The molecule has 9 rings (SSSR count). The van der Waals surface area contributed by atoms with Gasteiger partial charge in [0.2, 0.25) is 11.6 Å². The second-order valence-electron chi connectivity index (χ2n) is 13.8. The molecule has 52 heavy (non-hydrogen) atoms. The minimum atomic E-state index is -0.138. The average molecular weight is 697 g/mol. The molecule has 4 aromatic rings. The van der Waals surface area contributed by atoms with Crippen LogP contribution >= 0.6 is 0 Å². The second kappa shape index (κ2) is 12.6. The molecule has 10 nitrogen and oxygen atoms in total. The minimum absolute atomic E-state index is 0.102. The summed E-state index contributed by atoms with van der Waals surface area (Å²) in [5.41, 5.74) is 8.24. The van der Waals surface area contributed by atoms with Crippen molar-refractivity contribution in [3.63, 3.8) is 0 Å². The van der Waals surface area contributed by atoms with Crippen molar-refractivity contribution in [2.75, 3.05) is 54.6 Å². The van der Waals surface area contributed by atoms with Gasteiger partial charge in [0, 0.05) is 84.0 Å². The molecule has 2 aromatic carbocycles. The smallest absolute Gasteiger partial charge is 0.229 e. The number of ketones is 2. The lowest BCUT2D eigenvalue weighted by atomic mass is 9.89. The van der Waals surface area contributed by atoms with Gasteiger partial charge >= 0.3 is 0 Å². The highest BCUT2D eigenvalue weighted by Gasteiger charge is 2.44. The van der Waals surface area contributed by atoms with Gasteiger partial charge in [0.25, 0.3) is 0 Å². The number of aromatic nitrogens is 2. The van der Waals surface area contributed by atoms with Gasteiger partial charge in [-0.2, -0.15) is 0 Å². The molecule has 0 N–H and O–H groups in total. The Morgan fingerprint density at radius 1 is 0.615 bits per heavy atom. The molecule has 0 radical (unpaired) electrons. The third-order valence-corrected chi connectivity index (χ3v) is 11.3. The van der Waals surface area contributed by atoms with Gasteiger partial charge in [0.05, 0.1) is 51.6 Å². The molecule has 3 aliphatic heterocycles. The minimum Gasteiger partial charge on any atom is -0.497 e. The standard InChI is InChI=1S/C42H40N4O6/c1-49-27-11-13-29-31-15-17-43-24-36-40-32(30-14-12-28(50-2)20-34(30)46(40)22-26-8-6-10-38(52-4)42(26)48)16-18-44(36)23-35(43)39(31)45(33(29)19-27)21-25-7-5-9-37(51-3)41(25)47/h5-14,19-22,35-36H,15-18,23-24H2,1-4H3/b25-21+,26-22+. The highest BCUT2D eigenvalue weighted by Crippen LogP contribution is 2.47. The molecule has 2 atom stereocenters. The Labute approximate surface area is 301 Å². The van der Waals surface area contributed by atoms with E-state index in [0.29, 0.717) is 22.7 Å². The van der Waals surface area contributed by atoms with Crippen LogP contribution in [0.5, 0.6) is 11.5 Å². The summed E-state index contributed by atoms with van der Waals surface area (Å²) in [6.45, 7) is 3.45. The fourth-order valence-electron chi connectivity index (χ4n) is 8.86. The van der Waals surface area contributed by atoms with Gasteiger partial charge in [-0.25, -0.2) is 0 Å². The van der Waals surface area contributed by atoms with Gasteiger partial charge in [-0.15, -0.1) is 0 Å². The Morgan fingerprint density at radius 2 is 1.06 bits per heavy atom. The number of Topliss-reactive ketones (excluding diaryl/α,β-unsaturated/α-hetero) is 2. The zero-order valence-electron chi connectivity index (χ0n) is 29.7. The third-order valence-electron chi connectivity index (χ3n) is 11.3. The molecule has 0 amide bonds. The van der Waals surface area contributed by atoms with Crippen molar-refractivity contribution in [3.05, 3.63) is 118 Å². The van der Waals surface area contributed by atoms with Crippen LogP contribution in [-0.4, -0.2) is 85.1 Å². The van der Waals surface area contributed by atoms with Gasteiger partial charge in [-0.3, -0.25) is 19.4 Å². The van der Waals surface area contributed by atoms with Crippen molar-refractivity contribution >= 4 is 45.8 Å². The number of methoxy groups -OCH3 is 4.